The molecule has 0 aromatic heterocycles. The Labute approximate surface area is 91.9 Å². The molecular formula is C13H19NO. The number of morpholine rings is 1. The molecular weight excluding hydrogens is 186 g/mol. The van der Waals surface area contributed by atoms with Crippen LogP contribution in [0.2, 0.25) is 0 Å². The molecule has 2 rings (SSSR count). The molecule has 0 bridgehead atoms. The van der Waals surface area contributed by atoms with Gasteiger partial charge in [-0.15, -0.1) is 0 Å². The summed E-state index contributed by atoms with van der Waals surface area (Å²) in [5.41, 5.74) is 2.69. The van der Waals surface area contributed by atoms with Gasteiger partial charge in [0.05, 0.1) is 12.2 Å². The number of hydrogen-bond donors (Lipinski definition) is 0. The van der Waals surface area contributed by atoms with Crippen LogP contribution >= 0.6 is 0 Å². The van der Waals surface area contributed by atoms with Gasteiger partial charge in [0, 0.05) is 18.8 Å². The van der Waals surface area contributed by atoms with E-state index >= 15 is 0 Å². The number of hydrogen-bond acceptors (Lipinski definition) is 2. The van der Waals surface area contributed by atoms with Gasteiger partial charge in [-0.25, -0.2) is 0 Å². The van der Waals surface area contributed by atoms with Crippen LogP contribution in [0.15, 0.2) is 24.3 Å². The van der Waals surface area contributed by atoms with Gasteiger partial charge in [0.15, 0.2) is 0 Å². The molecule has 82 valence electrons. The van der Waals surface area contributed by atoms with Crippen molar-refractivity contribution in [2.24, 2.45) is 0 Å². The Hall–Kier alpha value is -1.02. The number of para-hydroxylation sites is 1. The van der Waals surface area contributed by atoms with E-state index in [1.165, 1.54) is 11.3 Å². The Bertz CT molecular complexity index is 327. The van der Waals surface area contributed by atoms with Crippen LogP contribution < -0.4 is 4.90 Å². The number of aryl methyl sites for hydroxylation is 1. The summed E-state index contributed by atoms with van der Waals surface area (Å²) in [6, 6.07) is 8.56. The zero-order chi connectivity index (χ0) is 10.8. The Balaban J connectivity index is 2.20. The highest BCUT2D eigenvalue weighted by Gasteiger charge is 2.22. The maximum Gasteiger partial charge on any atom is 0.0726 e. The molecule has 15 heavy (non-hydrogen) atoms. The molecule has 0 aliphatic carbocycles. The first-order chi connectivity index (χ1) is 7.16. The minimum atomic E-state index is 0.327. The van der Waals surface area contributed by atoms with Crippen molar-refractivity contribution < 1.29 is 4.74 Å². The Morgan fingerprint density at radius 1 is 1.13 bits per heavy atom. The molecule has 0 amide bonds. The fourth-order valence-corrected chi connectivity index (χ4v) is 2.29. The molecule has 1 saturated heterocycles. The molecule has 2 nitrogen and oxygen atoms in total. The van der Waals surface area contributed by atoms with Gasteiger partial charge in [-0.2, -0.15) is 0 Å². The van der Waals surface area contributed by atoms with E-state index in [-0.39, 0.29) is 0 Å². The summed E-state index contributed by atoms with van der Waals surface area (Å²) in [6.45, 7) is 8.44. The van der Waals surface area contributed by atoms with E-state index in [1.54, 1.807) is 0 Å². The summed E-state index contributed by atoms with van der Waals surface area (Å²) in [5, 5.41) is 0. The van der Waals surface area contributed by atoms with E-state index in [1.807, 2.05) is 0 Å². The lowest BCUT2D eigenvalue weighted by atomic mass is 10.1. The standard InChI is InChI=1S/C13H19NO/c1-10-6-4-5-7-13(10)14-8-11(2)15-12(3)9-14/h4-7,11-12H,8-9H2,1-3H3/t11-,12-/m1/s1. The van der Waals surface area contributed by atoms with Crippen LogP contribution in [0.3, 0.4) is 0 Å². The summed E-state index contributed by atoms with van der Waals surface area (Å²) in [6.07, 6.45) is 0.654. The SMILES string of the molecule is Cc1ccccc1N1C[C@@H](C)O[C@H](C)C1. The van der Waals surface area contributed by atoms with Crippen molar-refractivity contribution in [1.29, 1.82) is 0 Å². The molecule has 0 spiro atoms. The molecule has 0 unspecified atom stereocenters. The Morgan fingerprint density at radius 3 is 2.33 bits per heavy atom. The molecule has 0 N–H and O–H groups in total. The highest BCUT2D eigenvalue weighted by Crippen LogP contribution is 2.23. The van der Waals surface area contributed by atoms with Crippen molar-refractivity contribution >= 4 is 5.69 Å². The van der Waals surface area contributed by atoms with Gasteiger partial charge in [-0.05, 0) is 32.4 Å². The van der Waals surface area contributed by atoms with E-state index in [9.17, 15) is 0 Å². The molecule has 1 fully saturated rings. The van der Waals surface area contributed by atoms with Gasteiger partial charge in [-0.1, -0.05) is 18.2 Å². The number of anilines is 1. The van der Waals surface area contributed by atoms with Crippen molar-refractivity contribution in [2.75, 3.05) is 18.0 Å². The predicted octanol–water partition coefficient (Wildman–Crippen LogP) is 2.61. The largest absolute Gasteiger partial charge is 0.372 e. The summed E-state index contributed by atoms with van der Waals surface area (Å²) in [4.78, 5) is 2.42. The van der Waals surface area contributed by atoms with Gasteiger partial charge in [-0.3, -0.25) is 0 Å². The average molecular weight is 205 g/mol. The summed E-state index contributed by atoms with van der Waals surface area (Å²) >= 11 is 0. The second kappa shape index (κ2) is 4.23. The molecule has 1 aromatic rings. The molecule has 2 atom stereocenters. The lowest BCUT2D eigenvalue weighted by Gasteiger charge is -2.37. The minimum Gasteiger partial charge on any atom is -0.372 e. The maximum atomic E-state index is 5.74. The number of ether oxygens (including phenoxy) is 1. The van der Waals surface area contributed by atoms with Gasteiger partial charge in [0.1, 0.15) is 0 Å². The van der Waals surface area contributed by atoms with Crippen LogP contribution in [0, 0.1) is 6.92 Å². The summed E-state index contributed by atoms with van der Waals surface area (Å²) in [5.74, 6) is 0. The Morgan fingerprint density at radius 2 is 1.73 bits per heavy atom. The summed E-state index contributed by atoms with van der Waals surface area (Å²) < 4.78 is 5.74. The fourth-order valence-electron chi connectivity index (χ4n) is 2.29. The van der Waals surface area contributed by atoms with E-state index in [0.717, 1.165) is 13.1 Å². The lowest BCUT2D eigenvalue weighted by Crippen LogP contribution is -2.45. The Kier molecular flexibility index (Phi) is 2.96. The van der Waals surface area contributed by atoms with Crippen molar-refractivity contribution in [3.05, 3.63) is 29.8 Å². The molecule has 1 aromatic carbocycles. The molecule has 1 aliphatic rings. The van der Waals surface area contributed by atoms with Crippen LogP contribution in [-0.2, 0) is 4.74 Å². The number of benzene rings is 1. The van der Waals surface area contributed by atoms with Crippen molar-refractivity contribution in [1.82, 2.24) is 0 Å². The first-order valence-electron chi connectivity index (χ1n) is 5.63. The number of nitrogens with zero attached hydrogens (tertiary/aromatic N) is 1. The van der Waals surface area contributed by atoms with Gasteiger partial charge < -0.3 is 9.64 Å². The molecule has 1 aliphatic heterocycles. The second-order valence-electron chi connectivity index (χ2n) is 4.45. The van der Waals surface area contributed by atoms with Crippen LogP contribution in [0.4, 0.5) is 5.69 Å². The van der Waals surface area contributed by atoms with Crippen LogP contribution in [0.25, 0.3) is 0 Å². The van der Waals surface area contributed by atoms with E-state index < -0.39 is 0 Å². The summed E-state index contributed by atoms with van der Waals surface area (Å²) in [7, 11) is 0. The monoisotopic (exact) mass is 205 g/mol. The quantitative estimate of drug-likeness (QED) is 0.698. The molecule has 1 heterocycles. The highest BCUT2D eigenvalue weighted by molar-refractivity contribution is 5.53. The first-order valence-corrected chi connectivity index (χ1v) is 5.63. The predicted molar refractivity (Wildman–Crippen MR) is 63.4 cm³/mol. The zero-order valence-electron chi connectivity index (χ0n) is 9.73. The average Bonchev–Trinajstić information content (AvgIpc) is 2.16. The van der Waals surface area contributed by atoms with Crippen molar-refractivity contribution in [3.8, 4) is 0 Å². The second-order valence-corrected chi connectivity index (χ2v) is 4.45. The van der Waals surface area contributed by atoms with Gasteiger partial charge in [0.25, 0.3) is 0 Å². The smallest absolute Gasteiger partial charge is 0.0726 e. The van der Waals surface area contributed by atoms with Crippen LogP contribution in [0.5, 0.6) is 0 Å². The molecule has 0 radical (unpaired) electrons. The third-order valence-electron chi connectivity index (χ3n) is 2.88. The van der Waals surface area contributed by atoms with E-state index in [2.05, 4.69) is 49.9 Å². The first kappa shape index (κ1) is 10.5. The van der Waals surface area contributed by atoms with Crippen molar-refractivity contribution in [2.45, 2.75) is 33.0 Å². The minimum absolute atomic E-state index is 0.327. The normalized spacial score (nSPS) is 26.7. The zero-order valence-corrected chi connectivity index (χ0v) is 9.73. The topological polar surface area (TPSA) is 12.5 Å². The van der Waals surface area contributed by atoms with Gasteiger partial charge >= 0.3 is 0 Å². The molecule has 0 saturated carbocycles. The highest BCUT2D eigenvalue weighted by atomic mass is 16.5. The van der Waals surface area contributed by atoms with E-state index in [0.29, 0.717) is 12.2 Å². The van der Waals surface area contributed by atoms with Crippen molar-refractivity contribution in [3.63, 3.8) is 0 Å². The number of rotatable bonds is 1. The van der Waals surface area contributed by atoms with E-state index in [4.69, 9.17) is 4.74 Å². The molecule has 2 heteroatoms. The van der Waals surface area contributed by atoms with Crippen LogP contribution in [0.1, 0.15) is 19.4 Å². The third-order valence-corrected chi connectivity index (χ3v) is 2.88. The third kappa shape index (κ3) is 2.32. The van der Waals surface area contributed by atoms with Gasteiger partial charge in [0.2, 0.25) is 0 Å². The van der Waals surface area contributed by atoms with Crippen LogP contribution in [-0.4, -0.2) is 25.3 Å². The maximum absolute atomic E-state index is 5.74. The fraction of sp³-hybridized carbons (Fsp3) is 0.538. The lowest BCUT2D eigenvalue weighted by molar-refractivity contribution is -0.00524.